The van der Waals surface area contributed by atoms with Crippen LogP contribution in [0, 0.1) is 11.8 Å². The van der Waals surface area contributed by atoms with Crippen molar-refractivity contribution in [2.45, 2.75) is 91.4 Å². The highest BCUT2D eigenvalue weighted by Crippen LogP contribution is 2.32. The summed E-state index contributed by atoms with van der Waals surface area (Å²) < 4.78 is 24.4. The van der Waals surface area contributed by atoms with Gasteiger partial charge in [0.2, 0.25) is 0 Å². The van der Waals surface area contributed by atoms with Gasteiger partial charge in [-0.1, -0.05) is 89.2 Å². The lowest BCUT2D eigenvalue weighted by atomic mass is 9.89. The molecular weight excluding hydrogens is 451 g/mol. The van der Waals surface area contributed by atoms with Gasteiger partial charge < -0.3 is 14.2 Å². The maximum atomic E-state index is 13.3. The number of rotatable bonds is 18. The monoisotopic (exact) mass is 497 g/mol. The Labute approximate surface area is 208 Å². The first-order valence-corrected chi connectivity index (χ1v) is 13.1. The number of hydrogen-bond donors (Lipinski definition) is 0. The van der Waals surface area contributed by atoms with E-state index in [1.54, 1.807) is 18.2 Å². The Morgan fingerprint density at radius 3 is 1.74 bits per heavy atom. The Balaban J connectivity index is 0.00000529. The van der Waals surface area contributed by atoms with Crippen LogP contribution in [0.3, 0.4) is 0 Å². The van der Waals surface area contributed by atoms with Crippen LogP contribution < -0.4 is 9.47 Å². The SMILES string of the molecule is CCCCCCCCCCCCOC(=O)C(CC(C)C)C(=O)c1c(OC)cccc1OC.O=[PH2+]. The average molecular weight is 498 g/mol. The zero-order valence-electron chi connectivity index (χ0n) is 21.9. The van der Waals surface area contributed by atoms with Crippen molar-refractivity contribution in [2.24, 2.45) is 11.8 Å². The van der Waals surface area contributed by atoms with Crippen molar-refractivity contribution < 1.29 is 28.4 Å². The van der Waals surface area contributed by atoms with Crippen LogP contribution in [0.4, 0.5) is 0 Å². The standard InChI is InChI=1S/C27H44O5.H2OP/c1-6-7-8-9-10-11-12-13-14-15-19-32-27(29)22(20-21(2)3)26(28)25-23(30-4)17-16-18-24(25)31-5;1-2/h16-18,21-22H,6-15,19-20H2,1-5H3;2H2/q;+1. The van der Waals surface area contributed by atoms with Crippen molar-refractivity contribution in [1.82, 2.24) is 0 Å². The molecule has 0 saturated heterocycles. The van der Waals surface area contributed by atoms with Crippen molar-refractivity contribution in [3.63, 3.8) is 0 Å². The van der Waals surface area contributed by atoms with E-state index in [-0.39, 0.29) is 11.7 Å². The molecule has 1 aromatic carbocycles. The number of unbranched alkanes of at least 4 members (excludes halogenated alkanes) is 9. The van der Waals surface area contributed by atoms with Crippen molar-refractivity contribution in [2.75, 3.05) is 20.8 Å². The molecule has 34 heavy (non-hydrogen) atoms. The van der Waals surface area contributed by atoms with Gasteiger partial charge in [0.05, 0.1) is 20.8 Å². The van der Waals surface area contributed by atoms with Gasteiger partial charge in [0, 0.05) is 0 Å². The van der Waals surface area contributed by atoms with Gasteiger partial charge in [0.15, 0.2) is 5.78 Å². The fourth-order valence-electron chi connectivity index (χ4n) is 3.91. The summed E-state index contributed by atoms with van der Waals surface area (Å²) in [6.45, 7) is 6.59. The number of hydrogen-bond acceptors (Lipinski definition) is 6. The van der Waals surface area contributed by atoms with Crippen LogP contribution in [0.2, 0.25) is 0 Å². The molecule has 0 spiro atoms. The number of esters is 1. The van der Waals surface area contributed by atoms with E-state index in [1.807, 2.05) is 13.8 Å². The van der Waals surface area contributed by atoms with Crippen LogP contribution >= 0.6 is 9.12 Å². The minimum Gasteiger partial charge on any atom is -0.496 e. The van der Waals surface area contributed by atoms with Crippen LogP contribution in [-0.4, -0.2) is 32.6 Å². The van der Waals surface area contributed by atoms with Gasteiger partial charge in [-0.3, -0.25) is 9.59 Å². The molecule has 2 unspecified atom stereocenters. The summed E-state index contributed by atoms with van der Waals surface area (Å²) in [6, 6.07) is 5.17. The van der Waals surface area contributed by atoms with Gasteiger partial charge in [-0.05, 0) is 30.9 Å². The molecule has 6 nitrogen and oxygen atoms in total. The molecule has 0 bridgehead atoms. The molecule has 0 N–H and O–H groups in total. The average Bonchev–Trinajstić information content (AvgIpc) is 2.85. The van der Waals surface area contributed by atoms with Crippen LogP contribution in [0.1, 0.15) is 102 Å². The first-order chi connectivity index (χ1) is 16.5. The number of benzene rings is 1. The maximum absolute atomic E-state index is 13.3. The van der Waals surface area contributed by atoms with Crippen LogP contribution in [0.5, 0.6) is 11.5 Å². The van der Waals surface area contributed by atoms with E-state index in [0.29, 0.717) is 30.1 Å². The summed E-state index contributed by atoms with van der Waals surface area (Å²) in [5.41, 5.74) is 0.305. The van der Waals surface area contributed by atoms with Gasteiger partial charge in [-0.25, -0.2) is 0 Å². The zero-order chi connectivity index (χ0) is 25.8. The Kier molecular flexibility index (Phi) is 19.3. The maximum Gasteiger partial charge on any atom is 0.316 e. The number of ether oxygens (including phenoxy) is 3. The Morgan fingerprint density at radius 2 is 1.29 bits per heavy atom. The fourth-order valence-corrected chi connectivity index (χ4v) is 3.91. The van der Waals surface area contributed by atoms with Gasteiger partial charge in [0.25, 0.3) is 0 Å². The lowest BCUT2D eigenvalue weighted by Crippen LogP contribution is -2.28. The van der Waals surface area contributed by atoms with E-state index in [0.717, 1.165) is 19.3 Å². The topological polar surface area (TPSA) is 78.9 Å². The first-order valence-electron chi connectivity index (χ1n) is 12.6. The summed E-state index contributed by atoms with van der Waals surface area (Å²) in [7, 11) is 4.18. The Morgan fingerprint density at radius 1 is 0.824 bits per heavy atom. The number of Topliss-reactive ketones (excluding diaryl/α,β-unsaturated/α-hetero) is 1. The number of methoxy groups -OCH3 is 2. The normalized spacial score (nSPS) is 11.4. The summed E-state index contributed by atoms with van der Waals surface area (Å²) >= 11 is 0. The molecule has 0 fully saturated rings. The molecule has 1 rings (SSSR count). The van der Waals surface area contributed by atoms with Crippen LogP contribution in [-0.2, 0) is 14.1 Å². The Bertz CT molecular complexity index is 669. The highest BCUT2D eigenvalue weighted by Gasteiger charge is 2.33. The lowest BCUT2D eigenvalue weighted by Gasteiger charge is -2.19. The molecule has 194 valence electrons. The van der Waals surface area contributed by atoms with Gasteiger partial charge >= 0.3 is 15.1 Å². The van der Waals surface area contributed by atoms with Crippen molar-refractivity contribution in [3.05, 3.63) is 23.8 Å². The minimum atomic E-state index is -0.858. The number of carbonyl (C=O) groups is 2. The van der Waals surface area contributed by atoms with Gasteiger partial charge in [0.1, 0.15) is 23.0 Å². The van der Waals surface area contributed by atoms with Crippen LogP contribution in [0.25, 0.3) is 0 Å². The second-order valence-electron chi connectivity index (χ2n) is 8.93. The van der Waals surface area contributed by atoms with Gasteiger partial charge in [-0.2, -0.15) is 0 Å². The summed E-state index contributed by atoms with van der Waals surface area (Å²) in [6.07, 6.45) is 12.6. The lowest BCUT2D eigenvalue weighted by molar-refractivity contribution is -0.147. The van der Waals surface area contributed by atoms with Crippen molar-refractivity contribution in [1.29, 1.82) is 0 Å². The minimum absolute atomic E-state index is 0.175. The van der Waals surface area contributed by atoms with E-state index >= 15 is 0 Å². The van der Waals surface area contributed by atoms with Gasteiger partial charge in [-0.15, -0.1) is 0 Å². The van der Waals surface area contributed by atoms with E-state index in [4.69, 9.17) is 18.8 Å². The molecule has 0 amide bonds. The first kappa shape index (κ1) is 32.1. The van der Waals surface area contributed by atoms with Crippen molar-refractivity contribution >= 4 is 20.9 Å². The van der Waals surface area contributed by atoms with Crippen molar-refractivity contribution in [3.8, 4) is 11.5 Å². The second-order valence-corrected chi connectivity index (χ2v) is 8.93. The molecule has 0 aromatic heterocycles. The predicted octanol–water partition coefficient (Wildman–Crippen LogP) is 7.22. The molecule has 0 aliphatic heterocycles. The largest absolute Gasteiger partial charge is 0.496 e. The summed E-state index contributed by atoms with van der Waals surface area (Å²) in [5, 5.41) is 0. The number of ketones is 1. The quantitative estimate of drug-likeness (QED) is 0.0700. The molecule has 0 aliphatic rings. The van der Waals surface area contributed by atoms with Crippen LogP contribution in [0.15, 0.2) is 18.2 Å². The third-order valence-electron chi connectivity index (χ3n) is 5.72. The summed E-state index contributed by atoms with van der Waals surface area (Å²) in [5.74, 6) is -0.622. The highest BCUT2D eigenvalue weighted by molar-refractivity contribution is 7.00. The third kappa shape index (κ3) is 12.5. The van der Waals surface area contributed by atoms with E-state index in [2.05, 4.69) is 6.92 Å². The smallest absolute Gasteiger partial charge is 0.316 e. The predicted molar refractivity (Wildman–Crippen MR) is 140 cm³/mol. The molecular formula is C27H46O6P+. The van der Waals surface area contributed by atoms with E-state index < -0.39 is 11.9 Å². The van der Waals surface area contributed by atoms with E-state index in [9.17, 15) is 9.59 Å². The molecule has 7 heteroatoms. The fraction of sp³-hybridized carbons (Fsp3) is 0.704. The summed E-state index contributed by atoms with van der Waals surface area (Å²) in [4.78, 5) is 26.2. The highest BCUT2D eigenvalue weighted by atomic mass is 31.0. The molecule has 2 atom stereocenters. The second kappa shape index (κ2) is 20.4. The third-order valence-corrected chi connectivity index (χ3v) is 5.72. The number of carbonyl (C=O) groups excluding carboxylic acids is 2. The molecule has 0 saturated carbocycles. The molecule has 0 radical (unpaired) electrons. The molecule has 1 aromatic rings. The Hall–Kier alpha value is -1.94. The zero-order valence-corrected chi connectivity index (χ0v) is 23.1. The molecule has 0 aliphatic carbocycles. The molecule has 0 heterocycles. The van der Waals surface area contributed by atoms with E-state index in [1.165, 1.54) is 68.3 Å².